The van der Waals surface area contributed by atoms with E-state index in [-0.39, 0.29) is 0 Å². The number of carbonyl (C=O) groups excluding carboxylic acids is 1. The molecule has 0 aromatic heterocycles. The minimum atomic E-state index is -2.74. The van der Waals surface area contributed by atoms with Crippen LogP contribution in [0.15, 0.2) is 28.6 Å². The van der Waals surface area contributed by atoms with Gasteiger partial charge in [-0.05, 0) is 50.6 Å². The highest BCUT2D eigenvalue weighted by Gasteiger charge is 2.10. The van der Waals surface area contributed by atoms with Crippen molar-refractivity contribution < 1.29 is 22.7 Å². The fourth-order valence-electron chi connectivity index (χ4n) is 2.55. The summed E-state index contributed by atoms with van der Waals surface area (Å²) in [5.41, 5.74) is 0.667. The second-order valence-electron chi connectivity index (χ2n) is 5.59. The lowest BCUT2D eigenvalue weighted by Crippen LogP contribution is -2.20. The maximum atomic E-state index is 11.0. The molecule has 1 fully saturated rings. The molecule has 0 atom stereocenters. The van der Waals surface area contributed by atoms with Gasteiger partial charge in [-0.3, -0.25) is 4.79 Å². The molecular weight excluding hydrogens is 356 g/mol. The van der Waals surface area contributed by atoms with Crippen LogP contribution in [0.4, 0.5) is 0 Å². The quantitative estimate of drug-likeness (QED) is 0.760. The maximum Gasteiger partial charge on any atom is 0.319 e. The molecule has 0 radical (unpaired) electrons. The Morgan fingerprint density at radius 3 is 2.50 bits per heavy atom. The number of methoxy groups -OCH3 is 1. The van der Waals surface area contributed by atoms with Crippen molar-refractivity contribution in [1.29, 1.82) is 0 Å². The van der Waals surface area contributed by atoms with E-state index in [1.54, 1.807) is 18.2 Å². The number of hydrogen-bond acceptors (Lipinski definition) is 6. The van der Waals surface area contributed by atoms with Crippen molar-refractivity contribution in [3.8, 4) is 11.5 Å². The van der Waals surface area contributed by atoms with E-state index < -0.39 is 16.4 Å². The number of amides is 1. The Morgan fingerprint density at radius 1 is 1.31 bits per heavy atom. The second-order valence-corrected chi connectivity index (χ2v) is 6.21. The molecule has 0 heterocycles. The first kappa shape index (κ1) is 21.9. The van der Waals surface area contributed by atoms with Crippen LogP contribution in [0.1, 0.15) is 38.2 Å². The minimum Gasteiger partial charge on any atom is -0.493 e. The predicted molar refractivity (Wildman–Crippen MR) is 101 cm³/mol. The van der Waals surface area contributed by atoms with Gasteiger partial charge in [-0.15, -0.1) is 0 Å². The summed E-state index contributed by atoms with van der Waals surface area (Å²) in [6.07, 6.45) is 8.17. The molecule has 8 heteroatoms. The zero-order chi connectivity index (χ0) is 19.4. The smallest absolute Gasteiger partial charge is 0.319 e. The Kier molecular flexibility index (Phi) is 10.3. The molecule has 1 aliphatic rings. The summed E-state index contributed by atoms with van der Waals surface area (Å²) in [5, 5.41) is 3.26. The van der Waals surface area contributed by atoms with Crippen LogP contribution in [0.3, 0.4) is 0 Å². The van der Waals surface area contributed by atoms with Gasteiger partial charge in [0.2, 0.25) is 0 Å². The van der Waals surface area contributed by atoms with Crippen LogP contribution in [-0.4, -0.2) is 41.1 Å². The van der Waals surface area contributed by atoms with E-state index in [1.165, 1.54) is 38.9 Å². The molecule has 1 N–H and O–H groups in total. The van der Waals surface area contributed by atoms with Gasteiger partial charge in [-0.1, -0.05) is 23.3 Å². The second kappa shape index (κ2) is 12.2. The Morgan fingerprint density at radius 2 is 2.00 bits per heavy atom. The van der Waals surface area contributed by atoms with Gasteiger partial charge in [0.1, 0.15) is 0 Å². The first-order valence-corrected chi connectivity index (χ1v) is 9.54. The molecule has 0 aliphatic heterocycles. The third-order valence-corrected chi connectivity index (χ3v) is 4.16. The normalized spacial score (nSPS) is 13.8. The molecule has 1 amide bonds. The molecule has 1 aromatic rings. The molecule has 144 valence electrons. The van der Waals surface area contributed by atoms with Gasteiger partial charge in [-0.2, -0.15) is 8.42 Å². The Balaban J connectivity index is 0.000000401. The van der Waals surface area contributed by atoms with Crippen molar-refractivity contribution in [2.45, 2.75) is 38.6 Å². The molecule has 2 rings (SSSR count). The van der Waals surface area contributed by atoms with Crippen LogP contribution < -0.4 is 14.8 Å². The Bertz CT molecular complexity index is 730. The van der Waals surface area contributed by atoms with Gasteiger partial charge in [0.15, 0.2) is 11.5 Å². The van der Waals surface area contributed by atoms with Crippen molar-refractivity contribution in [1.82, 2.24) is 5.32 Å². The predicted octanol–water partition coefficient (Wildman–Crippen LogP) is 2.84. The molecule has 0 saturated heterocycles. The summed E-state index contributed by atoms with van der Waals surface area (Å²) in [6, 6.07) is 5.93. The molecule has 7 nitrogen and oxygen atoms in total. The highest BCUT2D eigenvalue weighted by Crippen LogP contribution is 2.28. The summed E-state index contributed by atoms with van der Waals surface area (Å²) in [4.78, 5) is 11.0. The van der Waals surface area contributed by atoms with Crippen LogP contribution in [-0.2, 0) is 15.3 Å². The number of hydrogen-bond donors (Lipinski definition) is 1. The number of nitrogens with one attached hydrogen (secondary N) is 1. The van der Waals surface area contributed by atoms with Gasteiger partial charge in [-0.25, -0.2) is 0 Å². The topological polar surface area (TPSA) is 94.1 Å². The summed E-state index contributed by atoms with van der Waals surface area (Å²) in [7, 11) is 0.822. The van der Waals surface area contributed by atoms with Gasteiger partial charge < -0.3 is 14.8 Å². The van der Waals surface area contributed by atoms with Crippen molar-refractivity contribution in [2.24, 2.45) is 4.36 Å². The molecular formula is C18H26N2O5S. The van der Waals surface area contributed by atoms with Crippen LogP contribution in [0, 0.1) is 0 Å². The lowest BCUT2D eigenvalue weighted by molar-refractivity contribution is -0.113. The number of carbonyl (C=O) groups is 1. The largest absolute Gasteiger partial charge is 0.493 e. The van der Waals surface area contributed by atoms with E-state index in [0.717, 1.165) is 12.1 Å². The molecule has 1 saturated carbocycles. The molecule has 1 aromatic carbocycles. The molecule has 0 spiro atoms. The standard InChI is InChI=1S/C12H13NO5S.C6H13N/c1-3-18-10-6-4-9(8-11(10)17-2)5-7-12(14)13-19(15)16;1-7-6-4-2-3-5-6/h4-8H,3H2,1-2H3;6-7H,2-5H2,1H3. The number of nitrogens with zero attached hydrogens (tertiary/aromatic N) is 1. The molecule has 0 unspecified atom stereocenters. The fraction of sp³-hybridized carbons (Fsp3) is 0.500. The van der Waals surface area contributed by atoms with Gasteiger partial charge >= 0.3 is 10.5 Å². The summed E-state index contributed by atoms with van der Waals surface area (Å²) < 4.78 is 33.7. The highest BCUT2D eigenvalue weighted by molar-refractivity contribution is 7.62. The van der Waals surface area contributed by atoms with E-state index in [2.05, 4.69) is 16.7 Å². The average molecular weight is 382 g/mol. The van der Waals surface area contributed by atoms with Crippen LogP contribution in [0.25, 0.3) is 6.08 Å². The van der Waals surface area contributed by atoms with E-state index >= 15 is 0 Å². The maximum absolute atomic E-state index is 11.0. The molecule has 1 aliphatic carbocycles. The van der Waals surface area contributed by atoms with Crippen molar-refractivity contribution >= 4 is 22.5 Å². The first-order chi connectivity index (χ1) is 12.5. The summed E-state index contributed by atoms with van der Waals surface area (Å²) in [6.45, 7) is 2.37. The average Bonchev–Trinajstić information content (AvgIpc) is 3.15. The number of ether oxygens (including phenoxy) is 2. The van der Waals surface area contributed by atoms with E-state index in [4.69, 9.17) is 9.47 Å². The first-order valence-electron chi connectivity index (χ1n) is 8.51. The minimum absolute atomic E-state index is 0.512. The van der Waals surface area contributed by atoms with Crippen molar-refractivity contribution in [3.05, 3.63) is 29.8 Å². The van der Waals surface area contributed by atoms with Crippen molar-refractivity contribution in [3.63, 3.8) is 0 Å². The van der Waals surface area contributed by atoms with Gasteiger partial charge in [0, 0.05) is 12.1 Å². The number of rotatable bonds is 6. The van der Waals surface area contributed by atoms with E-state index in [0.29, 0.717) is 23.7 Å². The van der Waals surface area contributed by atoms with Crippen LogP contribution >= 0.6 is 0 Å². The Labute approximate surface area is 156 Å². The number of benzene rings is 1. The van der Waals surface area contributed by atoms with E-state index in [9.17, 15) is 13.2 Å². The zero-order valence-electron chi connectivity index (χ0n) is 15.4. The van der Waals surface area contributed by atoms with Crippen molar-refractivity contribution in [2.75, 3.05) is 20.8 Å². The van der Waals surface area contributed by atoms with Gasteiger partial charge in [0.05, 0.1) is 13.7 Å². The molecule has 26 heavy (non-hydrogen) atoms. The molecule has 0 bridgehead atoms. The fourth-order valence-corrected chi connectivity index (χ4v) is 2.76. The van der Waals surface area contributed by atoms with Crippen LogP contribution in [0.2, 0.25) is 0 Å². The third-order valence-electron chi connectivity index (χ3n) is 3.83. The zero-order valence-corrected chi connectivity index (χ0v) is 16.2. The third kappa shape index (κ3) is 8.26. The Hall–Kier alpha value is -2.19. The lowest BCUT2D eigenvalue weighted by Gasteiger charge is -2.09. The van der Waals surface area contributed by atoms with E-state index in [1.807, 2.05) is 6.92 Å². The summed E-state index contributed by atoms with van der Waals surface area (Å²) >= 11 is 0. The summed E-state index contributed by atoms with van der Waals surface area (Å²) in [5.74, 6) is 0.279. The van der Waals surface area contributed by atoms with Gasteiger partial charge in [0.25, 0.3) is 5.91 Å². The lowest BCUT2D eigenvalue weighted by atomic mass is 10.2. The highest BCUT2D eigenvalue weighted by atomic mass is 32.2. The monoisotopic (exact) mass is 382 g/mol. The SMILES string of the molecule is CCOc1ccc(C=CC(=O)N=S(=O)=O)cc1OC.CNC1CCCC1. The van der Waals surface area contributed by atoms with Crippen LogP contribution in [0.5, 0.6) is 11.5 Å².